The van der Waals surface area contributed by atoms with Crippen LogP contribution in [0.2, 0.25) is 0 Å². The molecule has 0 saturated heterocycles. The van der Waals surface area contributed by atoms with Gasteiger partial charge in [0.05, 0.1) is 16.6 Å². The molecule has 2 aromatic carbocycles. The number of aromatic amines is 1. The zero-order valence-corrected chi connectivity index (χ0v) is 14.8. The van der Waals surface area contributed by atoms with Gasteiger partial charge in [0, 0.05) is 20.3 Å². The average molecular weight is 371 g/mol. The Balaban J connectivity index is 1.95. The standard InChI is InChI=1S/C20H19F2N3O2/c1-27-10-4-9-23-20(26)14(11-13-7-8-15(21)16(22)12-13)19-24-17-5-2-3-6-18(17)25-19/h2-3,5-8,11-12H,4,9-10H2,1H3,(H,23,26)(H,24,25). The van der Waals surface area contributed by atoms with E-state index in [0.29, 0.717) is 36.5 Å². The lowest BCUT2D eigenvalue weighted by molar-refractivity contribution is -0.115. The van der Waals surface area contributed by atoms with E-state index in [0.717, 1.165) is 17.6 Å². The number of aromatic nitrogens is 2. The summed E-state index contributed by atoms with van der Waals surface area (Å²) in [6.07, 6.45) is 2.13. The van der Waals surface area contributed by atoms with Gasteiger partial charge in [-0.25, -0.2) is 13.8 Å². The Kier molecular flexibility index (Phi) is 5.93. The number of ether oxygens (including phenoxy) is 1. The number of rotatable bonds is 7. The maximum atomic E-state index is 13.5. The van der Waals surface area contributed by atoms with Crippen LogP contribution in [-0.2, 0) is 9.53 Å². The molecule has 0 fully saturated rings. The van der Waals surface area contributed by atoms with E-state index in [4.69, 9.17) is 4.74 Å². The topological polar surface area (TPSA) is 67.0 Å². The minimum atomic E-state index is -0.979. The van der Waals surface area contributed by atoms with Gasteiger partial charge in [-0.3, -0.25) is 4.79 Å². The summed E-state index contributed by atoms with van der Waals surface area (Å²) in [7, 11) is 1.59. The molecule has 2 N–H and O–H groups in total. The summed E-state index contributed by atoms with van der Waals surface area (Å²) < 4.78 is 31.7. The SMILES string of the molecule is COCCCNC(=O)C(=Cc1ccc(F)c(F)c1)c1nc2ccccc2[nH]1. The van der Waals surface area contributed by atoms with E-state index in [2.05, 4.69) is 15.3 Å². The molecule has 3 aromatic rings. The van der Waals surface area contributed by atoms with Gasteiger partial charge in [-0.05, 0) is 42.3 Å². The predicted octanol–water partition coefficient (Wildman–Crippen LogP) is 3.53. The Morgan fingerprint density at radius 1 is 1.22 bits per heavy atom. The van der Waals surface area contributed by atoms with Gasteiger partial charge in [0.15, 0.2) is 11.6 Å². The zero-order valence-electron chi connectivity index (χ0n) is 14.8. The number of hydrogen-bond donors (Lipinski definition) is 2. The van der Waals surface area contributed by atoms with Gasteiger partial charge in [-0.1, -0.05) is 18.2 Å². The number of nitrogens with one attached hydrogen (secondary N) is 2. The molecule has 0 radical (unpaired) electrons. The molecule has 0 spiro atoms. The fourth-order valence-electron chi connectivity index (χ4n) is 2.60. The molecule has 27 heavy (non-hydrogen) atoms. The number of carbonyl (C=O) groups excluding carboxylic acids is 1. The van der Waals surface area contributed by atoms with Crippen molar-refractivity contribution in [3.05, 3.63) is 65.5 Å². The number of benzene rings is 2. The summed E-state index contributed by atoms with van der Waals surface area (Å²) in [4.78, 5) is 20.2. The number of fused-ring (bicyclic) bond motifs is 1. The highest BCUT2D eigenvalue weighted by Gasteiger charge is 2.16. The molecule has 0 aliphatic heterocycles. The van der Waals surface area contributed by atoms with E-state index in [9.17, 15) is 13.6 Å². The van der Waals surface area contributed by atoms with E-state index in [1.54, 1.807) is 7.11 Å². The summed E-state index contributed by atoms with van der Waals surface area (Å²) >= 11 is 0. The highest BCUT2D eigenvalue weighted by atomic mass is 19.2. The van der Waals surface area contributed by atoms with Crippen molar-refractivity contribution in [1.29, 1.82) is 0 Å². The average Bonchev–Trinajstić information content (AvgIpc) is 3.09. The number of nitrogens with zero attached hydrogens (tertiary/aromatic N) is 1. The third-order valence-corrected chi connectivity index (χ3v) is 3.95. The van der Waals surface area contributed by atoms with E-state index in [1.807, 2.05) is 24.3 Å². The lowest BCUT2D eigenvalue weighted by Crippen LogP contribution is -2.26. The number of carbonyl (C=O) groups is 1. The number of H-pyrrole nitrogens is 1. The van der Waals surface area contributed by atoms with Gasteiger partial charge in [0.2, 0.25) is 0 Å². The lowest BCUT2D eigenvalue weighted by atomic mass is 10.1. The Morgan fingerprint density at radius 2 is 2.04 bits per heavy atom. The molecule has 140 valence electrons. The maximum absolute atomic E-state index is 13.5. The molecule has 7 heteroatoms. The maximum Gasteiger partial charge on any atom is 0.255 e. The number of methoxy groups -OCH3 is 1. The molecule has 0 bridgehead atoms. The summed E-state index contributed by atoms with van der Waals surface area (Å²) in [5.41, 5.74) is 2.07. The van der Waals surface area contributed by atoms with Gasteiger partial charge in [0.1, 0.15) is 5.82 Å². The van der Waals surface area contributed by atoms with Crippen molar-refractivity contribution in [1.82, 2.24) is 15.3 Å². The van der Waals surface area contributed by atoms with E-state index >= 15 is 0 Å². The Bertz CT molecular complexity index is 949. The molecule has 0 atom stereocenters. The van der Waals surface area contributed by atoms with Crippen molar-refractivity contribution in [3.8, 4) is 0 Å². The lowest BCUT2D eigenvalue weighted by Gasteiger charge is -2.07. The van der Waals surface area contributed by atoms with Crippen molar-refractivity contribution >= 4 is 28.6 Å². The monoisotopic (exact) mass is 371 g/mol. The van der Waals surface area contributed by atoms with E-state index in [1.165, 1.54) is 12.1 Å². The van der Waals surface area contributed by atoms with Crippen LogP contribution in [0, 0.1) is 11.6 Å². The van der Waals surface area contributed by atoms with Gasteiger partial charge in [0.25, 0.3) is 5.91 Å². The Labute approximate surface area is 155 Å². The largest absolute Gasteiger partial charge is 0.385 e. The van der Waals surface area contributed by atoms with Crippen LogP contribution in [-0.4, -0.2) is 36.1 Å². The van der Waals surface area contributed by atoms with Gasteiger partial charge >= 0.3 is 0 Å². The summed E-state index contributed by atoms with van der Waals surface area (Å²) in [6, 6.07) is 10.8. The highest BCUT2D eigenvalue weighted by molar-refractivity contribution is 6.23. The molecule has 1 aromatic heterocycles. The molecule has 0 aliphatic rings. The molecule has 0 aliphatic carbocycles. The fourth-order valence-corrected chi connectivity index (χ4v) is 2.60. The molecule has 0 unspecified atom stereocenters. The van der Waals surface area contributed by atoms with Gasteiger partial charge < -0.3 is 15.0 Å². The first-order valence-corrected chi connectivity index (χ1v) is 8.47. The van der Waals surface area contributed by atoms with Crippen molar-refractivity contribution in [2.75, 3.05) is 20.3 Å². The van der Waals surface area contributed by atoms with Crippen molar-refractivity contribution in [2.45, 2.75) is 6.42 Å². The minimum absolute atomic E-state index is 0.231. The highest BCUT2D eigenvalue weighted by Crippen LogP contribution is 2.21. The second-order valence-corrected chi connectivity index (χ2v) is 5.94. The van der Waals surface area contributed by atoms with Crippen LogP contribution in [0.25, 0.3) is 22.7 Å². The summed E-state index contributed by atoms with van der Waals surface area (Å²) in [6.45, 7) is 0.940. The molecule has 3 rings (SSSR count). The van der Waals surface area contributed by atoms with E-state index in [-0.39, 0.29) is 11.5 Å². The normalized spacial score (nSPS) is 11.7. The number of halogens is 2. The number of amides is 1. The van der Waals surface area contributed by atoms with Gasteiger partial charge in [-0.15, -0.1) is 0 Å². The fraction of sp³-hybridized carbons (Fsp3) is 0.200. The van der Waals surface area contributed by atoms with Crippen LogP contribution in [0.5, 0.6) is 0 Å². The molecule has 1 heterocycles. The van der Waals surface area contributed by atoms with Crippen LogP contribution >= 0.6 is 0 Å². The predicted molar refractivity (Wildman–Crippen MR) is 99.8 cm³/mol. The molecule has 1 amide bonds. The third-order valence-electron chi connectivity index (χ3n) is 3.95. The van der Waals surface area contributed by atoms with Crippen molar-refractivity contribution < 1.29 is 18.3 Å². The summed E-state index contributed by atoms with van der Waals surface area (Å²) in [5.74, 6) is -1.94. The quantitative estimate of drug-likeness (QED) is 0.493. The first-order chi connectivity index (χ1) is 13.1. The first-order valence-electron chi connectivity index (χ1n) is 8.47. The Hall–Kier alpha value is -3.06. The van der Waals surface area contributed by atoms with Crippen LogP contribution in [0.4, 0.5) is 8.78 Å². The minimum Gasteiger partial charge on any atom is -0.385 e. The van der Waals surface area contributed by atoms with E-state index < -0.39 is 11.6 Å². The molecule has 0 saturated carbocycles. The second kappa shape index (κ2) is 8.55. The molecule has 5 nitrogen and oxygen atoms in total. The van der Waals surface area contributed by atoms with Gasteiger partial charge in [-0.2, -0.15) is 0 Å². The van der Waals surface area contributed by atoms with Crippen molar-refractivity contribution in [2.24, 2.45) is 0 Å². The van der Waals surface area contributed by atoms with Crippen LogP contribution < -0.4 is 5.32 Å². The number of imidazole rings is 1. The van der Waals surface area contributed by atoms with Crippen LogP contribution in [0.1, 0.15) is 17.8 Å². The first kappa shape index (κ1) is 18.7. The van der Waals surface area contributed by atoms with Crippen LogP contribution in [0.15, 0.2) is 42.5 Å². The molecular weight excluding hydrogens is 352 g/mol. The Morgan fingerprint density at radius 3 is 2.78 bits per heavy atom. The third kappa shape index (κ3) is 4.57. The molecular formula is C20H19F2N3O2. The van der Waals surface area contributed by atoms with Crippen molar-refractivity contribution in [3.63, 3.8) is 0 Å². The smallest absolute Gasteiger partial charge is 0.255 e. The number of para-hydroxylation sites is 2. The second-order valence-electron chi connectivity index (χ2n) is 5.94. The zero-order chi connectivity index (χ0) is 19.2. The number of hydrogen-bond acceptors (Lipinski definition) is 3. The van der Waals surface area contributed by atoms with Crippen LogP contribution in [0.3, 0.4) is 0 Å². The summed E-state index contributed by atoms with van der Waals surface area (Å²) in [5, 5.41) is 2.79.